The minimum atomic E-state index is -0.821. The molecule has 0 unspecified atom stereocenters. The zero-order chi connectivity index (χ0) is 21.1. The monoisotopic (exact) mass is 412 g/mol. The SMILES string of the molecule is O=C(Nc1ccc(N2CCN(C(=O)c3ccco3)CC2)nc1)c1cc(F)cc(F)c1. The lowest BCUT2D eigenvalue weighted by Crippen LogP contribution is -2.49. The first kappa shape index (κ1) is 19.6. The van der Waals surface area contributed by atoms with Crippen LogP contribution in [0.5, 0.6) is 0 Å². The molecule has 1 aromatic carbocycles. The van der Waals surface area contributed by atoms with Gasteiger partial charge in [0.05, 0.1) is 18.1 Å². The highest BCUT2D eigenvalue weighted by Crippen LogP contribution is 2.18. The van der Waals surface area contributed by atoms with Gasteiger partial charge < -0.3 is 19.5 Å². The molecule has 7 nitrogen and oxygen atoms in total. The number of nitrogens with one attached hydrogen (secondary N) is 1. The number of anilines is 2. The van der Waals surface area contributed by atoms with Crippen molar-refractivity contribution in [3.05, 3.63) is 77.9 Å². The number of aromatic nitrogens is 1. The zero-order valence-electron chi connectivity index (χ0n) is 15.8. The van der Waals surface area contributed by atoms with E-state index < -0.39 is 17.5 Å². The van der Waals surface area contributed by atoms with Gasteiger partial charge in [0.2, 0.25) is 0 Å². The molecule has 0 saturated carbocycles. The molecule has 154 valence electrons. The summed E-state index contributed by atoms with van der Waals surface area (Å²) < 4.78 is 31.7. The molecule has 2 aromatic heterocycles. The Labute approximate surface area is 170 Å². The molecule has 1 aliphatic rings. The van der Waals surface area contributed by atoms with Gasteiger partial charge in [-0.2, -0.15) is 0 Å². The lowest BCUT2D eigenvalue weighted by atomic mass is 10.2. The fourth-order valence-corrected chi connectivity index (χ4v) is 3.23. The van der Waals surface area contributed by atoms with E-state index in [4.69, 9.17) is 4.42 Å². The fraction of sp³-hybridized carbons (Fsp3) is 0.190. The molecular weight excluding hydrogens is 394 g/mol. The smallest absolute Gasteiger partial charge is 0.289 e. The van der Waals surface area contributed by atoms with Crippen LogP contribution in [0.1, 0.15) is 20.9 Å². The summed E-state index contributed by atoms with van der Waals surface area (Å²) in [5.41, 5.74) is 0.286. The van der Waals surface area contributed by atoms with Crippen LogP contribution in [0, 0.1) is 11.6 Å². The van der Waals surface area contributed by atoms with Gasteiger partial charge >= 0.3 is 0 Å². The molecule has 3 heterocycles. The van der Waals surface area contributed by atoms with Gasteiger partial charge in [-0.25, -0.2) is 13.8 Å². The van der Waals surface area contributed by atoms with Gasteiger partial charge in [-0.1, -0.05) is 0 Å². The van der Waals surface area contributed by atoms with Crippen molar-refractivity contribution in [1.29, 1.82) is 0 Å². The van der Waals surface area contributed by atoms with E-state index in [1.807, 2.05) is 4.90 Å². The van der Waals surface area contributed by atoms with Crippen LogP contribution in [0.3, 0.4) is 0 Å². The molecule has 1 aliphatic heterocycles. The van der Waals surface area contributed by atoms with E-state index in [0.29, 0.717) is 49.5 Å². The number of benzene rings is 1. The lowest BCUT2D eigenvalue weighted by molar-refractivity contribution is 0.0714. The number of carbonyl (C=O) groups excluding carboxylic acids is 2. The van der Waals surface area contributed by atoms with Crippen molar-refractivity contribution in [3.8, 4) is 0 Å². The molecular formula is C21H18F2N4O3. The normalized spacial score (nSPS) is 13.9. The number of hydrogen-bond acceptors (Lipinski definition) is 5. The van der Waals surface area contributed by atoms with E-state index in [0.717, 1.165) is 12.1 Å². The molecule has 1 saturated heterocycles. The number of hydrogen-bond donors (Lipinski definition) is 1. The molecule has 0 bridgehead atoms. The molecule has 1 N–H and O–H groups in total. The van der Waals surface area contributed by atoms with Crippen molar-refractivity contribution in [2.45, 2.75) is 0 Å². The van der Waals surface area contributed by atoms with Crippen molar-refractivity contribution in [2.75, 3.05) is 36.4 Å². The van der Waals surface area contributed by atoms with Gasteiger partial charge in [0, 0.05) is 37.8 Å². The number of nitrogens with zero attached hydrogens (tertiary/aromatic N) is 3. The highest BCUT2D eigenvalue weighted by atomic mass is 19.1. The van der Waals surface area contributed by atoms with Gasteiger partial charge in [0.15, 0.2) is 5.76 Å². The maximum absolute atomic E-state index is 13.3. The van der Waals surface area contributed by atoms with Gasteiger partial charge in [0.25, 0.3) is 11.8 Å². The minimum Gasteiger partial charge on any atom is -0.459 e. The van der Waals surface area contributed by atoms with E-state index in [1.165, 1.54) is 12.5 Å². The third-order valence-corrected chi connectivity index (χ3v) is 4.75. The molecule has 1 fully saturated rings. The van der Waals surface area contributed by atoms with Crippen LogP contribution in [-0.4, -0.2) is 47.9 Å². The van der Waals surface area contributed by atoms with E-state index >= 15 is 0 Å². The summed E-state index contributed by atoms with van der Waals surface area (Å²) in [5, 5.41) is 2.56. The Morgan fingerprint density at radius 1 is 1.00 bits per heavy atom. The molecule has 0 spiro atoms. The van der Waals surface area contributed by atoms with Gasteiger partial charge in [-0.05, 0) is 36.4 Å². The molecule has 9 heteroatoms. The molecule has 30 heavy (non-hydrogen) atoms. The number of furan rings is 1. The van der Waals surface area contributed by atoms with Gasteiger partial charge in [-0.15, -0.1) is 0 Å². The summed E-state index contributed by atoms with van der Waals surface area (Å²) in [4.78, 5) is 32.6. The number of carbonyl (C=O) groups is 2. The Morgan fingerprint density at radius 2 is 1.73 bits per heavy atom. The average Bonchev–Trinajstić information content (AvgIpc) is 3.28. The van der Waals surface area contributed by atoms with E-state index in [2.05, 4.69) is 10.3 Å². The van der Waals surface area contributed by atoms with E-state index in [1.54, 1.807) is 29.2 Å². The van der Waals surface area contributed by atoms with Crippen LogP contribution < -0.4 is 10.2 Å². The predicted octanol–water partition coefficient (Wildman–Crippen LogP) is 3.17. The van der Waals surface area contributed by atoms with Gasteiger partial charge in [0.1, 0.15) is 17.5 Å². The quantitative estimate of drug-likeness (QED) is 0.712. The van der Waals surface area contributed by atoms with Crippen molar-refractivity contribution in [2.24, 2.45) is 0 Å². The number of amides is 2. The van der Waals surface area contributed by atoms with Crippen LogP contribution in [0.4, 0.5) is 20.3 Å². The second-order valence-corrected chi connectivity index (χ2v) is 6.77. The number of halogens is 2. The van der Waals surface area contributed by atoms with Crippen molar-refractivity contribution >= 4 is 23.3 Å². The highest BCUT2D eigenvalue weighted by molar-refractivity contribution is 6.04. The average molecular weight is 412 g/mol. The van der Waals surface area contributed by atoms with Gasteiger partial charge in [-0.3, -0.25) is 9.59 Å². The second kappa shape index (κ2) is 8.32. The summed E-state index contributed by atoms with van der Waals surface area (Å²) in [6, 6.07) is 9.35. The first-order chi connectivity index (χ1) is 14.5. The maximum Gasteiger partial charge on any atom is 0.289 e. The van der Waals surface area contributed by atoms with Crippen molar-refractivity contribution in [3.63, 3.8) is 0 Å². The van der Waals surface area contributed by atoms with E-state index in [-0.39, 0.29) is 11.5 Å². The fourth-order valence-electron chi connectivity index (χ4n) is 3.23. The Balaban J connectivity index is 1.35. The van der Waals surface area contributed by atoms with Crippen LogP contribution >= 0.6 is 0 Å². The summed E-state index contributed by atoms with van der Waals surface area (Å²) in [6.45, 7) is 2.27. The third-order valence-electron chi connectivity index (χ3n) is 4.75. The van der Waals surface area contributed by atoms with Crippen LogP contribution in [0.15, 0.2) is 59.3 Å². The summed E-state index contributed by atoms with van der Waals surface area (Å²) in [6.07, 6.45) is 2.95. The Morgan fingerprint density at radius 3 is 2.33 bits per heavy atom. The Hall–Kier alpha value is -3.75. The Bertz CT molecular complexity index is 1030. The third kappa shape index (κ3) is 4.29. The first-order valence-electron chi connectivity index (χ1n) is 9.31. The molecule has 0 radical (unpaired) electrons. The largest absolute Gasteiger partial charge is 0.459 e. The predicted molar refractivity (Wildman–Crippen MR) is 105 cm³/mol. The van der Waals surface area contributed by atoms with Crippen LogP contribution in [0.2, 0.25) is 0 Å². The van der Waals surface area contributed by atoms with Crippen molar-refractivity contribution in [1.82, 2.24) is 9.88 Å². The topological polar surface area (TPSA) is 78.7 Å². The lowest BCUT2D eigenvalue weighted by Gasteiger charge is -2.35. The summed E-state index contributed by atoms with van der Waals surface area (Å²) in [7, 11) is 0. The van der Waals surface area contributed by atoms with E-state index in [9.17, 15) is 18.4 Å². The highest BCUT2D eigenvalue weighted by Gasteiger charge is 2.24. The number of pyridine rings is 1. The molecule has 2 amide bonds. The number of piperazine rings is 1. The molecule has 4 rings (SSSR count). The molecule has 0 aliphatic carbocycles. The second-order valence-electron chi connectivity index (χ2n) is 6.77. The standard InChI is InChI=1S/C21H18F2N4O3/c22-15-10-14(11-16(23)12-15)20(28)25-17-3-4-19(24-13-17)26-5-7-27(8-6-26)21(29)18-2-1-9-30-18/h1-4,9-13H,5-8H2,(H,25,28). The first-order valence-corrected chi connectivity index (χ1v) is 9.31. The molecule has 3 aromatic rings. The molecule has 0 atom stereocenters. The Kier molecular flexibility index (Phi) is 5.42. The minimum absolute atomic E-state index is 0.117. The zero-order valence-corrected chi connectivity index (χ0v) is 15.8. The summed E-state index contributed by atoms with van der Waals surface area (Å²) in [5.74, 6) is -1.39. The summed E-state index contributed by atoms with van der Waals surface area (Å²) >= 11 is 0. The maximum atomic E-state index is 13.3. The number of rotatable bonds is 4. The van der Waals surface area contributed by atoms with Crippen LogP contribution in [-0.2, 0) is 0 Å². The van der Waals surface area contributed by atoms with Crippen LogP contribution in [0.25, 0.3) is 0 Å². The van der Waals surface area contributed by atoms with Crippen molar-refractivity contribution < 1.29 is 22.8 Å².